The number of aliphatic carboxylic acids is 1. The van der Waals surface area contributed by atoms with E-state index < -0.39 is 12.1 Å². The molecule has 1 aliphatic rings. The fourth-order valence-corrected chi connectivity index (χ4v) is 6.28. The van der Waals surface area contributed by atoms with Crippen LogP contribution in [-0.4, -0.2) is 33.5 Å². The summed E-state index contributed by atoms with van der Waals surface area (Å²) in [6.07, 6.45) is 14.0. The van der Waals surface area contributed by atoms with Crippen molar-refractivity contribution in [2.24, 2.45) is 11.8 Å². The first kappa shape index (κ1) is 25.3. The molecule has 0 bridgehead atoms. The molecule has 168 valence electrons. The number of aliphatic hydroxyl groups excluding tert-OH is 2. The Bertz CT molecular complexity index is 740. The second-order valence-electron chi connectivity index (χ2n) is 8.18. The lowest BCUT2D eigenvalue weighted by Gasteiger charge is -2.18. The zero-order valence-electron chi connectivity index (χ0n) is 18.0. The number of unbranched alkanes of at least 4 members (excludes halogenated alkanes) is 1. The number of hydrogen-bond donors (Lipinski definition) is 3. The monoisotopic (exact) mass is 498 g/mol. The van der Waals surface area contributed by atoms with Crippen LogP contribution in [0.2, 0.25) is 0 Å². The van der Waals surface area contributed by atoms with Gasteiger partial charge in [0.25, 0.3) is 0 Å². The molecule has 1 fully saturated rings. The van der Waals surface area contributed by atoms with Gasteiger partial charge < -0.3 is 15.3 Å². The van der Waals surface area contributed by atoms with E-state index in [2.05, 4.69) is 41.9 Å². The molecule has 4 nitrogen and oxygen atoms in total. The van der Waals surface area contributed by atoms with E-state index in [0.29, 0.717) is 12.8 Å². The van der Waals surface area contributed by atoms with Crippen LogP contribution in [0.3, 0.4) is 0 Å². The number of aliphatic hydroxyl groups is 2. The van der Waals surface area contributed by atoms with E-state index in [4.69, 9.17) is 5.11 Å². The molecule has 1 aliphatic carbocycles. The second kappa shape index (κ2) is 12.8. The van der Waals surface area contributed by atoms with Gasteiger partial charge in [0.05, 0.1) is 12.2 Å². The van der Waals surface area contributed by atoms with E-state index in [1.807, 2.05) is 23.5 Å². The smallest absolute Gasteiger partial charge is 0.303 e. The first-order valence-corrected chi connectivity index (χ1v) is 12.6. The molecular formula is C24H35BrO4S. The van der Waals surface area contributed by atoms with Gasteiger partial charge in [-0.15, -0.1) is 11.3 Å². The summed E-state index contributed by atoms with van der Waals surface area (Å²) in [5.41, 5.74) is 1.36. The summed E-state index contributed by atoms with van der Waals surface area (Å²) in [6, 6.07) is 0. The molecule has 0 aliphatic heterocycles. The van der Waals surface area contributed by atoms with Gasteiger partial charge >= 0.3 is 5.97 Å². The maximum Gasteiger partial charge on any atom is 0.303 e. The van der Waals surface area contributed by atoms with Crippen LogP contribution in [0.15, 0.2) is 28.8 Å². The topological polar surface area (TPSA) is 77.8 Å². The summed E-state index contributed by atoms with van der Waals surface area (Å²) in [4.78, 5) is 13.2. The van der Waals surface area contributed by atoms with Gasteiger partial charge in [-0.1, -0.05) is 31.2 Å². The van der Waals surface area contributed by atoms with Gasteiger partial charge in [-0.25, -0.2) is 0 Å². The van der Waals surface area contributed by atoms with E-state index in [-0.39, 0.29) is 24.4 Å². The minimum atomic E-state index is -0.758. The van der Waals surface area contributed by atoms with Crippen LogP contribution in [-0.2, 0) is 17.6 Å². The average molecular weight is 500 g/mol. The fourth-order valence-electron chi connectivity index (χ4n) is 4.22. The summed E-state index contributed by atoms with van der Waals surface area (Å²) in [5, 5.41) is 29.5. The van der Waals surface area contributed by atoms with Gasteiger partial charge in [0, 0.05) is 20.6 Å². The normalized spacial score (nSPS) is 23.0. The SMILES string of the molecule is CCc1c(CC[C@H](O)C=C[C@H]2CCC(O)[C@@H]2CC=CCCCC(=O)O)sc(C)c1Br. The van der Waals surface area contributed by atoms with Crippen LogP contribution >= 0.6 is 27.3 Å². The highest BCUT2D eigenvalue weighted by atomic mass is 79.9. The fraction of sp³-hybridized carbons (Fsp3) is 0.625. The Morgan fingerprint density at radius 2 is 2.10 bits per heavy atom. The van der Waals surface area contributed by atoms with Crippen molar-refractivity contribution >= 4 is 33.2 Å². The number of carboxylic acid groups (broad SMARTS) is 1. The van der Waals surface area contributed by atoms with E-state index in [1.165, 1.54) is 19.8 Å². The minimum Gasteiger partial charge on any atom is -0.481 e. The van der Waals surface area contributed by atoms with Crippen molar-refractivity contribution in [3.05, 3.63) is 44.1 Å². The van der Waals surface area contributed by atoms with Gasteiger partial charge in [-0.05, 0) is 91.6 Å². The predicted molar refractivity (Wildman–Crippen MR) is 127 cm³/mol. The van der Waals surface area contributed by atoms with Crippen molar-refractivity contribution in [1.82, 2.24) is 0 Å². The molecule has 1 aromatic rings. The summed E-state index contributed by atoms with van der Waals surface area (Å²) in [5.74, 6) is -0.305. The zero-order chi connectivity index (χ0) is 22.1. The van der Waals surface area contributed by atoms with Crippen molar-refractivity contribution in [1.29, 1.82) is 0 Å². The third-order valence-electron chi connectivity index (χ3n) is 5.96. The van der Waals surface area contributed by atoms with Gasteiger partial charge in [0.15, 0.2) is 0 Å². The molecule has 1 aromatic heterocycles. The molecule has 0 spiro atoms. The lowest BCUT2D eigenvalue weighted by Crippen LogP contribution is -2.17. The first-order chi connectivity index (χ1) is 14.3. The number of carbonyl (C=O) groups is 1. The Balaban J connectivity index is 1.82. The lowest BCUT2D eigenvalue weighted by molar-refractivity contribution is -0.137. The molecule has 1 unspecified atom stereocenters. The van der Waals surface area contributed by atoms with E-state index in [9.17, 15) is 15.0 Å². The highest BCUT2D eigenvalue weighted by Gasteiger charge is 2.32. The first-order valence-electron chi connectivity index (χ1n) is 11.0. The van der Waals surface area contributed by atoms with Crippen molar-refractivity contribution in [3.8, 4) is 0 Å². The van der Waals surface area contributed by atoms with Crippen LogP contribution in [0.4, 0.5) is 0 Å². The molecule has 1 saturated carbocycles. The molecule has 0 radical (unpaired) electrons. The molecule has 2 rings (SSSR count). The summed E-state index contributed by atoms with van der Waals surface area (Å²) >= 11 is 5.49. The maximum atomic E-state index is 10.5. The van der Waals surface area contributed by atoms with Crippen LogP contribution in [0.5, 0.6) is 0 Å². The molecule has 6 heteroatoms. The quantitative estimate of drug-likeness (QED) is 0.250. The van der Waals surface area contributed by atoms with Crippen LogP contribution in [0.1, 0.15) is 67.2 Å². The van der Waals surface area contributed by atoms with Gasteiger partial charge in [-0.3, -0.25) is 4.79 Å². The van der Waals surface area contributed by atoms with Crippen molar-refractivity contribution in [2.45, 2.75) is 83.8 Å². The molecule has 3 N–H and O–H groups in total. The predicted octanol–water partition coefficient (Wildman–Crippen LogP) is 5.82. The third kappa shape index (κ3) is 7.63. The standard InChI is InChI=1S/C24H35BrO4S/c1-3-19-22(30-16(2)24(19)25)15-13-18(26)12-10-17-11-14-21(27)20(17)8-6-4-5-7-9-23(28)29/h4,6,10,12,17-18,20-21,26-27H,3,5,7-9,11,13-15H2,1-2H3,(H,28,29)/t17-,18+,20+,21?/m0/s1. The second-order valence-corrected chi connectivity index (χ2v) is 10.3. The molecule has 0 amide bonds. The number of halogens is 1. The number of carboxylic acids is 1. The Morgan fingerprint density at radius 3 is 2.80 bits per heavy atom. The number of thiophene rings is 1. The Kier molecular flexibility index (Phi) is 10.8. The molecular weight excluding hydrogens is 464 g/mol. The van der Waals surface area contributed by atoms with Crippen LogP contribution in [0, 0.1) is 18.8 Å². The molecule has 0 aromatic carbocycles. The summed E-state index contributed by atoms with van der Waals surface area (Å²) in [7, 11) is 0. The van der Waals surface area contributed by atoms with Crippen LogP contribution < -0.4 is 0 Å². The number of allylic oxidation sites excluding steroid dienone is 3. The van der Waals surface area contributed by atoms with Crippen molar-refractivity contribution < 1.29 is 20.1 Å². The van der Waals surface area contributed by atoms with Crippen molar-refractivity contribution in [2.75, 3.05) is 0 Å². The highest BCUT2D eigenvalue weighted by molar-refractivity contribution is 9.10. The third-order valence-corrected chi connectivity index (χ3v) is 8.51. The van der Waals surface area contributed by atoms with E-state index in [1.54, 1.807) is 0 Å². The van der Waals surface area contributed by atoms with Gasteiger partial charge in [-0.2, -0.15) is 0 Å². The minimum absolute atomic E-state index is 0.173. The maximum absolute atomic E-state index is 10.5. The zero-order valence-corrected chi connectivity index (χ0v) is 20.4. The number of hydrogen-bond acceptors (Lipinski definition) is 4. The molecule has 1 heterocycles. The van der Waals surface area contributed by atoms with Crippen LogP contribution in [0.25, 0.3) is 0 Å². The van der Waals surface area contributed by atoms with E-state index >= 15 is 0 Å². The van der Waals surface area contributed by atoms with E-state index in [0.717, 1.165) is 38.5 Å². The molecule has 30 heavy (non-hydrogen) atoms. The molecule has 4 atom stereocenters. The number of aryl methyl sites for hydroxylation is 2. The Hall–Kier alpha value is -0.950. The van der Waals surface area contributed by atoms with Gasteiger partial charge in [0.2, 0.25) is 0 Å². The highest BCUT2D eigenvalue weighted by Crippen LogP contribution is 2.36. The Morgan fingerprint density at radius 1 is 1.33 bits per heavy atom. The summed E-state index contributed by atoms with van der Waals surface area (Å²) in [6.45, 7) is 4.29. The lowest BCUT2D eigenvalue weighted by atomic mass is 9.90. The molecule has 0 saturated heterocycles. The largest absolute Gasteiger partial charge is 0.481 e. The average Bonchev–Trinajstić information content (AvgIpc) is 3.19. The van der Waals surface area contributed by atoms with Crippen molar-refractivity contribution in [3.63, 3.8) is 0 Å². The summed E-state index contributed by atoms with van der Waals surface area (Å²) < 4.78 is 1.22. The Labute approximate surface area is 192 Å². The van der Waals surface area contributed by atoms with Gasteiger partial charge in [0.1, 0.15) is 0 Å². The number of rotatable bonds is 12.